The second-order valence-electron chi connectivity index (χ2n) is 7.39. The fourth-order valence-corrected chi connectivity index (χ4v) is 4.43. The number of amidine groups is 1. The van der Waals surface area contributed by atoms with Gasteiger partial charge in [-0.3, -0.25) is 9.69 Å². The number of pyridine rings is 1. The third-order valence-electron chi connectivity index (χ3n) is 5.09. The zero-order chi connectivity index (χ0) is 22.1. The van der Waals surface area contributed by atoms with Gasteiger partial charge in [0.15, 0.2) is 5.17 Å². The number of anilines is 1. The Kier molecular flexibility index (Phi) is 5.33. The van der Waals surface area contributed by atoms with Crippen LogP contribution in [0.1, 0.15) is 16.8 Å². The van der Waals surface area contributed by atoms with Crippen LogP contribution in [-0.4, -0.2) is 20.5 Å². The van der Waals surface area contributed by atoms with Gasteiger partial charge in [0.25, 0.3) is 5.91 Å². The van der Waals surface area contributed by atoms with Crippen LogP contribution < -0.4 is 4.90 Å². The summed E-state index contributed by atoms with van der Waals surface area (Å²) in [6, 6.07) is 19.4. The molecule has 0 fully saturated rings. The lowest BCUT2D eigenvalue weighted by atomic mass is 10.2. The van der Waals surface area contributed by atoms with Crippen molar-refractivity contribution in [3.8, 4) is 0 Å². The smallest absolute Gasteiger partial charge is 0.283 e. The molecule has 0 unspecified atom stereocenters. The molecule has 1 aliphatic heterocycles. The molecule has 32 heavy (non-hydrogen) atoms. The van der Waals surface area contributed by atoms with Crippen LogP contribution in [-0.2, 0) is 10.5 Å². The maximum atomic E-state index is 13.5. The van der Waals surface area contributed by atoms with Crippen molar-refractivity contribution in [1.29, 1.82) is 0 Å². The van der Waals surface area contributed by atoms with Crippen molar-refractivity contribution >= 4 is 40.2 Å². The first-order valence-corrected chi connectivity index (χ1v) is 11.1. The average molecular weight is 443 g/mol. The lowest BCUT2D eigenvalue weighted by molar-refractivity contribution is -0.113. The summed E-state index contributed by atoms with van der Waals surface area (Å²) in [4.78, 5) is 24.1. The molecule has 3 heterocycles. The highest BCUT2D eigenvalue weighted by molar-refractivity contribution is 8.13. The molecule has 0 saturated heterocycles. The van der Waals surface area contributed by atoms with Crippen LogP contribution in [0.25, 0.3) is 11.7 Å². The van der Waals surface area contributed by atoms with Crippen molar-refractivity contribution in [3.05, 3.63) is 107 Å². The number of nitrogens with zero attached hydrogens (tertiary/aromatic N) is 4. The predicted octanol–water partition coefficient (Wildman–Crippen LogP) is 5.46. The Labute approximate surface area is 188 Å². The van der Waals surface area contributed by atoms with Crippen molar-refractivity contribution in [2.45, 2.75) is 12.7 Å². The SMILES string of the molecule is Cc1cccn2cc(CSC3=N/C(=C\c4ccccc4)C(=O)N3c3ccc(F)cc3)nc12. The van der Waals surface area contributed by atoms with Gasteiger partial charge in [-0.05, 0) is 54.5 Å². The minimum atomic E-state index is -0.355. The Morgan fingerprint density at radius 2 is 1.81 bits per heavy atom. The summed E-state index contributed by atoms with van der Waals surface area (Å²) in [6.45, 7) is 2.02. The summed E-state index contributed by atoms with van der Waals surface area (Å²) in [7, 11) is 0. The van der Waals surface area contributed by atoms with Gasteiger partial charge >= 0.3 is 0 Å². The first-order chi connectivity index (χ1) is 15.6. The van der Waals surface area contributed by atoms with E-state index in [0.717, 1.165) is 22.5 Å². The molecule has 0 saturated carbocycles. The average Bonchev–Trinajstić information content (AvgIpc) is 3.36. The number of aryl methyl sites for hydroxylation is 1. The van der Waals surface area contributed by atoms with E-state index >= 15 is 0 Å². The van der Waals surface area contributed by atoms with Crippen LogP contribution in [0.15, 0.2) is 89.8 Å². The zero-order valence-electron chi connectivity index (χ0n) is 17.3. The van der Waals surface area contributed by atoms with Crippen LogP contribution in [0, 0.1) is 12.7 Å². The summed E-state index contributed by atoms with van der Waals surface area (Å²) < 4.78 is 15.5. The molecule has 0 atom stereocenters. The number of hydrogen-bond acceptors (Lipinski definition) is 4. The van der Waals surface area contributed by atoms with Crippen LogP contribution in [0.2, 0.25) is 0 Å². The molecule has 0 radical (unpaired) electrons. The molecule has 2 aromatic carbocycles. The normalized spacial score (nSPS) is 15.1. The van der Waals surface area contributed by atoms with Crippen molar-refractivity contribution in [1.82, 2.24) is 9.38 Å². The first-order valence-electron chi connectivity index (χ1n) is 10.1. The summed E-state index contributed by atoms with van der Waals surface area (Å²) in [6.07, 6.45) is 5.71. The molecule has 1 amide bonds. The summed E-state index contributed by atoms with van der Waals surface area (Å²) in [5.74, 6) is -0.0516. The van der Waals surface area contributed by atoms with Crippen molar-refractivity contribution < 1.29 is 9.18 Å². The number of hydrogen-bond donors (Lipinski definition) is 0. The van der Waals surface area contributed by atoms with Crippen LogP contribution in [0.4, 0.5) is 10.1 Å². The molecule has 7 heteroatoms. The molecule has 158 valence electrons. The Balaban J connectivity index is 1.47. The maximum absolute atomic E-state index is 13.5. The largest absolute Gasteiger partial charge is 0.307 e. The van der Waals surface area contributed by atoms with E-state index in [4.69, 9.17) is 4.98 Å². The van der Waals surface area contributed by atoms with E-state index in [1.165, 1.54) is 28.8 Å². The molecule has 0 spiro atoms. The maximum Gasteiger partial charge on any atom is 0.283 e. The number of aliphatic imine (C=N–C) groups is 1. The standard InChI is InChI=1S/C25H19FN4OS/c1-17-6-5-13-29-15-20(27-23(17)29)16-32-25-28-22(14-18-7-3-2-4-8-18)24(31)30(25)21-11-9-19(26)10-12-21/h2-15H,16H2,1H3/b22-14-. The van der Waals surface area contributed by atoms with E-state index < -0.39 is 0 Å². The molecule has 2 aromatic heterocycles. The van der Waals surface area contributed by atoms with Crippen molar-refractivity contribution in [3.63, 3.8) is 0 Å². The Bertz CT molecular complexity index is 1360. The Morgan fingerprint density at radius 3 is 2.56 bits per heavy atom. The van der Waals surface area contributed by atoms with Gasteiger partial charge in [0.1, 0.15) is 17.2 Å². The summed E-state index contributed by atoms with van der Waals surface area (Å²) in [5, 5.41) is 0.539. The second kappa shape index (κ2) is 8.43. The highest BCUT2D eigenvalue weighted by atomic mass is 32.2. The Morgan fingerprint density at radius 1 is 1.03 bits per heavy atom. The van der Waals surface area contributed by atoms with Gasteiger partial charge in [-0.2, -0.15) is 0 Å². The van der Waals surface area contributed by atoms with Gasteiger partial charge < -0.3 is 4.40 Å². The molecule has 5 rings (SSSR count). The number of aromatic nitrogens is 2. The number of carbonyl (C=O) groups excluding carboxylic acids is 1. The topological polar surface area (TPSA) is 50.0 Å². The number of rotatable bonds is 4. The van der Waals surface area contributed by atoms with E-state index in [0.29, 0.717) is 22.3 Å². The van der Waals surface area contributed by atoms with Gasteiger partial charge in [-0.1, -0.05) is 48.2 Å². The zero-order valence-corrected chi connectivity index (χ0v) is 18.1. The highest BCUT2D eigenvalue weighted by Crippen LogP contribution is 2.31. The minimum Gasteiger partial charge on any atom is -0.307 e. The van der Waals surface area contributed by atoms with Crippen molar-refractivity contribution in [2.75, 3.05) is 4.90 Å². The Hall–Kier alpha value is -3.71. The molecule has 5 nitrogen and oxygen atoms in total. The minimum absolute atomic E-state index is 0.242. The van der Waals surface area contributed by atoms with Crippen LogP contribution in [0.3, 0.4) is 0 Å². The van der Waals surface area contributed by atoms with E-state index in [1.807, 2.05) is 66.2 Å². The lowest BCUT2D eigenvalue weighted by Crippen LogP contribution is -2.30. The molecule has 1 aliphatic rings. The number of carbonyl (C=O) groups is 1. The van der Waals surface area contributed by atoms with Gasteiger partial charge in [0.05, 0.1) is 11.4 Å². The number of fused-ring (bicyclic) bond motifs is 1. The lowest BCUT2D eigenvalue weighted by Gasteiger charge is -2.17. The van der Waals surface area contributed by atoms with Gasteiger partial charge in [0, 0.05) is 18.1 Å². The fourth-order valence-electron chi connectivity index (χ4n) is 3.53. The molecule has 0 N–H and O–H groups in total. The number of benzene rings is 2. The van der Waals surface area contributed by atoms with Gasteiger partial charge in [-0.25, -0.2) is 14.4 Å². The van der Waals surface area contributed by atoms with E-state index in [1.54, 1.807) is 18.2 Å². The quantitative estimate of drug-likeness (QED) is 0.395. The monoisotopic (exact) mass is 442 g/mol. The third-order valence-corrected chi connectivity index (χ3v) is 6.07. The number of thioether (sulfide) groups is 1. The summed E-state index contributed by atoms with van der Waals surface area (Å²) >= 11 is 1.43. The molecular formula is C25H19FN4OS. The number of halogens is 1. The second-order valence-corrected chi connectivity index (χ2v) is 8.34. The summed E-state index contributed by atoms with van der Waals surface area (Å²) in [5.41, 5.74) is 4.70. The van der Waals surface area contributed by atoms with E-state index in [9.17, 15) is 9.18 Å². The predicted molar refractivity (Wildman–Crippen MR) is 127 cm³/mol. The molecule has 0 bridgehead atoms. The van der Waals surface area contributed by atoms with Crippen molar-refractivity contribution in [2.24, 2.45) is 4.99 Å². The number of amides is 1. The van der Waals surface area contributed by atoms with Gasteiger partial charge in [0.2, 0.25) is 0 Å². The molecule has 4 aromatic rings. The number of imidazole rings is 1. The molecule has 0 aliphatic carbocycles. The van der Waals surface area contributed by atoms with Crippen LogP contribution in [0.5, 0.6) is 0 Å². The fraction of sp³-hybridized carbons (Fsp3) is 0.0800. The highest BCUT2D eigenvalue weighted by Gasteiger charge is 2.32. The van der Waals surface area contributed by atoms with E-state index in [2.05, 4.69) is 4.99 Å². The first kappa shape index (κ1) is 20.2. The third kappa shape index (κ3) is 3.94. The molecular weight excluding hydrogens is 423 g/mol. The van der Waals surface area contributed by atoms with Crippen LogP contribution >= 0.6 is 11.8 Å². The van der Waals surface area contributed by atoms with E-state index in [-0.39, 0.29) is 11.7 Å². The van der Waals surface area contributed by atoms with Gasteiger partial charge in [-0.15, -0.1) is 0 Å².